The molecule has 6 aromatic rings. The Morgan fingerprint density at radius 2 is 0.889 bits per heavy atom. The molecule has 0 saturated carbocycles. The molecule has 0 heterocycles. The zero-order valence-electron chi connectivity index (χ0n) is 20.6. The molecule has 6 aromatic carbocycles. The minimum Gasteiger partial charge on any atom is -0.310 e. The van der Waals surface area contributed by atoms with Crippen LogP contribution in [0.3, 0.4) is 0 Å². The van der Waals surface area contributed by atoms with Crippen molar-refractivity contribution in [2.24, 2.45) is 0 Å². The minimum atomic E-state index is 0.517. The first-order chi connectivity index (χ1) is 17.7. The second-order valence-corrected chi connectivity index (χ2v) is 10.1. The third-order valence-electron chi connectivity index (χ3n) is 7.52. The van der Waals surface area contributed by atoms with E-state index in [1.165, 1.54) is 60.7 Å². The molecule has 0 N–H and O–H groups in total. The predicted molar refractivity (Wildman–Crippen MR) is 155 cm³/mol. The van der Waals surface area contributed by atoms with E-state index in [1.807, 2.05) is 0 Å². The van der Waals surface area contributed by atoms with E-state index in [1.54, 1.807) is 0 Å². The van der Waals surface area contributed by atoms with Gasteiger partial charge in [0.15, 0.2) is 0 Å². The number of hydrogen-bond acceptors (Lipinski definition) is 1. The van der Waals surface area contributed by atoms with E-state index < -0.39 is 0 Å². The maximum atomic E-state index is 2.37. The molecule has 0 saturated heterocycles. The van der Waals surface area contributed by atoms with Crippen LogP contribution in [0.5, 0.6) is 0 Å². The zero-order chi connectivity index (χ0) is 24.2. The number of hydrogen-bond donors (Lipinski definition) is 0. The van der Waals surface area contributed by atoms with E-state index in [0.717, 1.165) is 5.69 Å². The van der Waals surface area contributed by atoms with Crippen LogP contribution < -0.4 is 4.90 Å². The maximum absolute atomic E-state index is 2.37. The number of fused-ring (bicyclic) bond motifs is 6. The number of benzene rings is 6. The van der Waals surface area contributed by atoms with Crippen LogP contribution in [0.25, 0.3) is 43.8 Å². The summed E-state index contributed by atoms with van der Waals surface area (Å²) in [6, 6.07) is 44.5. The van der Waals surface area contributed by atoms with Crippen LogP contribution in [0.4, 0.5) is 17.1 Å². The van der Waals surface area contributed by atoms with E-state index in [9.17, 15) is 0 Å². The lowest BCUT2D eigenvalue weighted by Crippen LogP contribution is -2.10. The molecule has 0 aliphatic heterocycles. The first kappa shape index (κ1) is 21.0. The SMILES string of the molecule is CC(C)c1ccc(N(c2ccccc2)c2ccc3cc4c(cc3c2)-c2cc3ccccc3cc2-4)cc1. The lowest BCUT2D eigenvalue weighted by molar-refractivity contribution is 0.866. The third-order valence-corrected chi connectivity index (χ3v) is 7.52. The Morgan fingerprint density at radius 1 is 0.417 bits per heavy atom. The highest BCUT2D eigenvalue weighted by Gasteiger charge is 2.24. The summed E-state index contributed by atoms with van der Waals surface area (Å²) in [5, 5.41) is 5.15. The van der Waals surface area contributed by atoms with Crippen molar-refractivity contribution in [3.05, 3.63) is 127 Å². The quantitative estimate of drug-likeness (QED) is 0.252. The third kappa shape index (κ3) is 3.31. The Balaban J connectivity index is 1.35. The number of anilines is 3. The Morgan fingerprint density at radius 3 is 1.47 bits per heavy atom. The van der Waals surface area contributed by atoms with Gasteiger partial charge in [-0.2, -0.15) is 0 Å². The van der Waals surface area contributed by atoms with Gasteiger partial charge in [-0.25, -0.2) is 0 Å². The molecule has 36 heavy (non-hydrogen) atoms. The van der Waals surface area contributed by atoms with E-state index in [2.05, 4.69) is 140 Å². The predicted octanol–water partition coefficient (Wildman–Crippen LogP) is 10.2. The Labute approximate surface area is 212 Å². The molecule has 0 amide bonds. The lowest BCUT2D eigenvalue weighted by Gasteiger charge is -2.28. The van der Waals surface area contributed by atoms with E-state index in [4.69, 9.17) is 0 Å². The second kappa shape index (κ2) is 8.10. The standard InChI is InChI=1S/C35H27N/c1-23(2)24-12-15-30(16-13-24)36(29-10-4-3-5-11-29)31-17-14-27-21-34-32-19-25-8-6-7-9-26(25)20-33(32)35(34)22-28(27)18-31/h3-23H,1-2H3. The van der Waals surface area contributed by atoms with Gasteiger partial charge < -0.3 is 4.90 Å². The summed E-state index contributed by atoms with van der Waals surface area (Å²) in [6.45, 7) is 4.48. The highest BCUT2D eigenvalue weighted by Crippen LogP contribution is 2.50. The van der Waals surface area contributed by atoms with Gasteiger partial charge >= 0.3 is 0 Å². The summed E-state index contributed by atoms with van der Waals surface area (Å²) in [4.78, 5) is 2.35. The lowest BCUT2D eigenvalue weighted by atomic mass is 9.78. The maximum Gasteiger partial charge on any atom is 0.0468 e. The largest absolute Gasteiger partial charge is 0.310 e. The molecular weight excluding hydrogens is 434 g/mol. The summed E-state index contributed by atoms with van der Waals surface area (Å²) in [7, 11) is 0. The summed E-state index contributed by atoms with van der Waals surface area (Å²) >= 11 is 0. The molecule has 7 rings (SSSR count). The molecule has 0 aromatic heterocycles. The van der Waals surface area contributed by atoms with Crippen LogP contribution in [0, 0.1) is 0 Å². The van der Waals surface area contributed by atoms with Crippen LogP contribution in [-0.2, 0) is 0 Å². The van der Waals surface area contributed by atoms with E-state index in [-0.39, 0.29) is 0 Å². The smallest absolute Gasteiger partial charge is 0.0468 e. The van der Waals surface area contributed by atoms with Gasteiger partial charge in [-0.15, -0.1) is 0 Å². The van der Waals surface area contributed by atoms with Gasteiger partial charge in [0.05, 0.1) is 0 Å². The van der Waals surface area contributed by atoms with Gasteiger partial charge in [0.25, 0.3) is 0 Å². The van der Waals surface area contributed by atoms with Crippen LogP contribution in [-0.4, -0.2) is 0 Å². The number of para-hydroxylation sites is 1. The monoisotopic (exact) mass is 461 g/mol. The fourth-order valence-corrected chi connectivity index (χ4v) is 5.53. The van der Waals surface area contributed by atoms with Crippen molar-refractivity contribution in [2.45, 2.75) is 19.8 Å². The van der Waals surface area contributed by atoms with Gasteiger partial charge in [0.2, 0.25) is 0 Å². The van der Waals surface area contributed by atoms with Crippen molar-refractivity contribution >= 4 is 38.6 Å². The molecule has 1 heteroatoms. The first-order valence-electron chi connectivity index (χ1n) is 12.7. The summed E-state index contributed by atoms with van der Waals surface area (Å²) in [6.07, 6.45) is 0. The summed E-state index contributed by atoms with van der Waals surface area (Å²) in [5.41, 5.74) is 10.3. The van der Waals surface area contributed by atoms with Crippen molar-refractivity contribution < 1.29 is 0 Å². The van der Waals surface area contributed by atoms with Crippen molar-refractivity contribution in [2.75, 3.05) is 4.90 Å². The van der Waals surface area contributed by atoms with Crippen molar-refractivity contribution in [3.63, 3.8) is 0 Å². The van der Waals surface area contributed by atoms with Crippen LogP contribution in [0.2, 0.25) is 0 Å². The molecule has 0 bridgehead atoms. The average Bonchev–Trinajstić information content (AvgIpc) is 2.92. The molecule has 0 spiro atoms. The van der Waals surface area contributed by atoms with Gasteiger partial charge in [-0.05, 0) is 116 Å². The van der Waals surface area contributed by atoms with Gasteiger partial charge in [-0.3, -0.25) is 0 Å². The van der Waals surface area contributed by atoms with Gasteiger partial charge in [0.1, 0.15) is 0 Å². The zero-order valence-corrected chi connectivity index (χ0v) is 20.6. The van der Waals surface area contributed by atoms with Gasteiger partial charge in [0, 0.05) is 17.1 Å². The Kier molecular flexibility index (Phi) is 4.72. The highest BCUT2D eigenvalue weighted by molar-refractivity contribution is 6.12. The summed E-state index contributed by atoms with van der Waals surface area (Å²) in [5.74, 6) is 0.517. The van der Waals surface area contributed by atoms with Crippen LogP contribution >= 0.6 is 0 Å². The van der Waals surface area contributed by atoms with E-state index in [0.29, 0.717) is 5.92 Å². The second-order valence-electron chi connectivity index (χ2n) is 10.1. The topological polar surface area (TPSA) is 3.24 Å². The molecule has 0 radical (unpaired) electrons. The molecule has 1 aliphatic carbocycles. The molecule has 0 fully saturated rings. The summed E-state index contributed by atoms with van der Waals surface area (Å²) < 4.78 is 0. The van der Waals surface area contributed by atoms with Crippen molar-refractivity contribution in [1.29, 1.82) is 0 Å². The molecule has 172 valence electrons. The van der Waals surface area contributed by atoms with Gasteiger partial charge in [-0.1, -0.05) is 74.5 Å². The van der Waals surface area contributed by atoms with Crippen molar-refractivity contribution in [3.8, 4) is 22.3 Å². The first-order valence-corrected chi connectivity index (χ1v) is 12.7. The molecule has 0 atom stereocenters. The minimum absolute atomic E-state index is 0.517. The fourth-order valence-electron chi connectivity index (χ4n) is 5.53. The average molecular weight is 462 g/mol. The Bertz CT molecular complexity index is 1740. The molecule has 0 unspecified atom stereocenters. The normalized spacial score (nSPS) is 11.9. The van der Waals surface area contributed by atoms with Crippen LogP contribution in [0.15, 0.2) is 121 Å². The van der Waals surface area contributed by atoms with E-state index >= 15 is 0 Å². The molecule has 1 nitrogen and oxygen atoms in total. The van der Waals surface area contributed by atoms with Crippen molar-refractivity contribution in [1.82, 2.24) is 0 Å². The molecule has 1 aliphatic rings. The highest BCUT2D eigenvalue weighted by atomic mass is 15.1. The Hall–Kier alpha value is -4.36. The fraction of sp³-hybridized carbons (Fsp3) is 0.0857. The number of nitrogens with zero attached hydrogens (tertiary/aromatic N) is 1. The molecular formula is C35H27N. The number of rotatable bonds is 4. The van der Waals surface area contributed by atoms with Crippen LogP contribution in [0.1, 0.15) is 25.3 Å².